The van der Waals surface area contributed by atoms with Gasteiger partial charge in [0.1, 0.15) is 0 Å². The van der Waals surface area contributed by atoms with Crippen LogP contribution in [-0.2, 0) is 4.79 Å². The third-order valence-electron chi connectivity index (χ3n) is 3.47. The Morgan fingerprint density at radius 2 is 1.86 bits per heavy atom. The zero-order valence-electron chi connectivity index (χ0n) is 11.8. The van der Waals surface area contributed by atoms with Crippen LogP contribution in [0.15, 0.2) is 57.9 Å². The number of hydroxylamine groups is 2. The van der Waals surface area contributed by atoms with Crippen molar-refractivity contribution >= 4 is 17.7 Å². The first kappa shape index (κ1) is 13.3. The lowest BCUT2D eigenvalue weighted by Gasteiger charge is -2.20. The molecular formula is C16H15N3O2. The van der Waals surface area contributed by atoms with E-state index in [0.717, 1.165) is 15.6 Å². The number of ketones is 1. The highest BCUT2D eigenvalue weighted by Crippen LogP contribution is 2.23. The summed E-state index contributed by atoms with van der Waals surface area (Å²) in [6.45, 7) is 3.50. The minimum Gasteiger partial charge on any atom is -0.399 e. The van der Waals surface area contributed by atoms with Crippen LogP contribution in [0.3, 0.4) is 0 Å². The molecule has 5 nitrogen and oxygen atoms in total. The molecule has 0 bridgehead atoms. The first-order valence-electron chi connectivity index (χ1n) is 6.55. The minimum atomic E-state index is 0.0109. The van der Waals surface area contributed by atoms with Gasteiger partial charge in [-0.1, -0.05) is 0 Å². The summed E-state index contributed by atoms with van der Waals surface area (Å²) in [7, 11) is 0. The van der Waals surface area contributed by atoms with E-state index in [-0.39, 0.29) is 5.78 Å². The highest BCUT2D eigenvalue weighted by atomic mass is 16.5. The highest BCUT2D eigenvalue weighted by molar-refractivity contribution is 6.09. The van der Waals surface area contributed by atoms with Crippen molar-refractivity contribution in [3.63, 3.8) is 0 Å². The molecule has 0 saturated carbocycles. The standard InChI is InChI=1S/C16H15N3O2/c1-9-5-11(6-10(2)15(9)20)16-18-14-4-3-13(17)7-12(14)8-19(16)21/h3-8,21H,17H2,1-2H3. The number of allylic oxidation sites excluding steroid dienone is 5. The molecule has 2 aliphatic rings. The third kappa shape index (κ3) is 2.28. The van der Waals surface area contributed by atoms with Crippen molar-refractivity contribution in [1.29, 1.82) is 0 Å². The van der Waals surface area contributed by atoms with Crippen LogP contribution in [0.4, 0.5) is 5.69 Å². The summed E-state index contributed by atoms with van der Waals surface area (Å²) in [6, 6.07) is 5.31. The predicted molar refractivity (Wildman–Crippen MR) is 79.3 cm³/mol. The Bertz CT molecular complexity index is 836. The van der Waals surface area contributed by atoms with E-state index in [0.29, 0.717) is 28.2 Å². The zero-order valence-corrected chi connectivity index (χ0v) is 11.8. The van der Waals surface area contributed by atoms with Gasteiger partial charge in [-0.15, -0.1) is 0 Å². The van der Waals surface area contributed by atoms with Gasteiger partial charge in [0.25, 0.3) is 0 Å². The summed E-state index contributed by atoms with van der Waals surface area (Å²) in [6.07, 6.45) is 5.02. The van der Waals surface area contributed by atoms with E-state index in [1.807, 2.05) is 0 Å². The van der Waals surface area contributed by atoms with Gasteiger partial charge >= 0.3 is 0 Å². The van der Waals surface area contributed by atoms with Gasteiger partial charge in [0, 0.05) is 22.7 Å². The lowest BCUT2D eigenvalue weighted by atomic mass is 9.95. The van der Waals surface area contributed by atoms with Gasteiger partial charge in [0.15, 0.2) is 11.6 Å². The second kappa shape index (κ2) is 4.71. The molecule has 0 unspecified atom stereocenters. The fraction of sp³-hybridized carbons (Fsp3) is 0.125. The molecule has 106 valence electrons. The molecule has 1 heterocycles. The molecule has 0 saturated heterocycles. The average molecular weight is 281 g/mol. The number of hydrogen-bond acceptors (Lipinski definition) is 5. The zero-order chi connectivity index (χ0) is 15.1. The maximum Gasteiger partial charge on any atom is 0.184 e. The molecule has 3 rings (SSSR count). The van der Waals surface area contributed by atoms with Crippen LogP contribution >= 0.6 is 0 Å². The topological polar surface area (TPSA) is 78.9 Å². The number of fused-ring (bicyclic) bond motifs is 1. The lowest BCUT2D eigenvalue weighted by Crippen LogP contribution is -2.34. The summed E-state index contributed by atoms with van der Waals surface area (Å²) >= 11 is 0. The van der Waals surface area contributed by atoms with E-state index in [9.17, 15) is 10.0 Å². The number of nitrogens with zero attached hydrogens (tertiary/aromatic N) is 2. The van der Waals surface area contributed by atoms with Crippen molar-refractivity contribution in [2.24, 2.45) is 4.99 Å². The van der Waals surface area contributed by atoms with Gasteiger partial charge in [-0.05, 0) is 55.3 Å². The van der Waals surface area contributed by atoms with Crippen LogP contribution in [0, 0.1) is 0 Å². The first-order valence-corrected chi connectivity index (χ1v) is 6.55. The number of benzene rings is 1. The number of hydrogen-bond donors (Lipinski definition) is 2. The second-order valence-corrected chi connectivity index (χ2v) is 5.17. The smallest absolute Gasteiger partial charge is 0.184 e. The normalized spacial score (nSPS) is 17.7. The Labute approximate surface area is 121 Å². The molecule has 0 spiro atoms. The number of carbonyl (C=O) groups is 1. The van der Waals surface area contributed by atoms with Crippen LogP contribution in [0.5, 0.6) is 0 Å². The number of Topliss-reactive ketones (excluding diaryl/α,β-unsaturated/α-hetero) is 1. The summed E-state index contributed by atoms with van der Waals surface area (Å²) < 4.78 is 0. The summed E-state index contributed by atoms with van der Waals surface area (Å²) in [5.74, 6) is 0.398. The van der Waals surface area contributed by atoms with E-state index >= 15 is 0 Å². The molecule has 0 amide bonds. The maximum absolute atomic E-state index is 11.8. The van der Waals surface area contributed by atoms with Crippen LogP contribution in [0.25, 0.3) is 6.20 Å². The maximum atomic E-state index is 11.8. The molecule has 0 radical (unpaired) electrons. The molecule has 1 aromatic carbocycles. The minimum absolute atomic E-state index is 0.0109. The van der Waals surface area contributed by atoms with Crippen molar-refractivity contribution in [3.05, 3.63) is 63.5 Å². The molecule has 1 aliphatic heterocycles. The summed E-state index contributed by atoms with van der Waals surface area (Å²) in [4.78, 5) is 16.2. The predicted octanol–water partition coefficient (Wildman–Crippen LogP) is 1.02. The number of nitrogens with two attached hydrogens (primary N) is 1. The Kier molecular flexibility index (Phi) is 2.99. The second-order valence-electron chi connectivity index (χ2n) is 5.17. The third-order valence-corrected chi connectivity index (χ3v) is 3.47. The molecule has 1 aliphatic carbocycles. The quantitative estimate of drug-likeness (QED) is 0.696. The van der Waals surface area contributed by atoms with Crippen LogP contribution in [0.1, 0.15) is 13.8 Å². The lowest BCUT2D eigenvalue weighted by molar-refractivity contribution is -0.112. The van der Waals surface area contributed by atoms with Crippen molar-refractivity contribution in [2.45, 2.75) is 13.8 Å². The van der Waals surface area contributed by atoms with E-state index in [1.54, 1.807) is 50.4 Å². The Balaban J connectivity index is 2.23. The van der Waals surface area contributed by atoms with Crippen molar-refractivity contribution in [1.82, 2.24) is 5.06 Å². The van der Waals surface area contributed by atoms with Crippen LogP contribution in [0.2, 0.25) is 0 Å². The molecule has 0 atom stereocenters. The first-order chi connectivity index (χ1) is 9.95. The Hall–Kier alpha value is -2.66. The van der Waals surface area contributed by atoms with Gasteiger partial charge in [-0.3, -0.25) is 10.0 Å². The molecule has 3 N–H and O–H groups in total. The van der Waals surface area contributed by atoms with Crippen molar-refractivity contribution in [2.75, 3.05) is 5.73 Å². The highest BCUT2D eigenvalue weighted by Gasteiger charge is 2.18. The Morgan fingerprint density at radius 1 is 1.19 bits per heavy atom. The van der Waals surface area contributed by atoms with Gasteiger partial charge in [-0.25, -0.2) is 10.1 Å². The fourth-order valence-electron chi connectivity index (χ4n) is 2.41. The molecule has 21 heavy (non-hydrogen) atoms. The largest absolute Gasteiger partial charge is 0.399 e. The number of nitrogen functional groups attached to an aromatic ring is 1. The van der Waals surface area contributed by atoms with Crippen molar-refractivity contribution < 1.29 is 10.0 Å². The van der Waals surface area contributed by atoms with E-state index < -0.39 is 0 Å². The monoisotopic (exact) mass is 281 g/mol. The van der Waals surface area contributed by atoms with Gasteiger partial charge in [-0.2, -0.15) is 0 Å². The number of rotatable bonds is 0. The summed E-state index contributed by atoms with van der Waals surface area (Å²) in [5.41, 5.74) is 8.29. The molecule has 5 heteroatoms. The van der Waals surface area contributed by atoms with E-state index in [1.165, 1.54) is 0 Å². The number of carbonyl (C=O) groups excluding carboxylic acids is 1. The van der Waals surface area contributed by atoms with Gasteiger partial charge in [0.2, 0.25) is 0 Å². The number of anilines is 1. The Morgan fingerprint density at radius 3 is 2.52 bits per heavy atom. The molecule has 0 fully saturated rings. The van der Waals surface area contributed by atoms with E-state index in [4.69, 9.17) is 5.73 Å². The molecule has 0 aromatic heterocycles. The van der Waals surface area contributed by atoms with Gasteiger partial charge in [0.05, 0.1) is 5.36 Å². The molecule has 1 aromatic rings. The SMILES string of the molecule is CC1=CC(=C2N=c3ccc(N)cc3=CN2O)C=C(C)C1=O. The van der Waals surface area contributed by atoms with Crippen LogP contribution in [-0.4, -0.2) is 16.1 Å². The van der Waals surface area contributed by atoms with Crippen molar-refractivity contribution in [3.8, 4) is 0 Å². The van der Waals surface area contributed by atoms with E-state index in [2.05, 4.69) is 4.99 Å². The fourth-order valence-corrected chi connectivity index (χ4v) is 2.41. The molecular weight excluding hydrogens is 266 g/mol. The summed E-state index contributed by atoms with van der Waals surface area (Å²) in [5, 5.41) is 12.6. The van der Waals surface area contributed by atoms with Crippen LogP contribution < -0.4 is 16.3 Å². The van der Waals surface area contributed by atoms with Gasteiger partial charge < -0.3 is 5.73 Å². The average Bonchev–Trinajstić information content (AvgIpc) is 2.43.